The van der Waals surface area contributed by atoms with Crippen LogP contribution in [-0.2, 0) is 4.79 Å². The summed E-state index contributed by atoms with van der Waals surface area (Å²) in [5.74, 6) is 0.840. The predicted molar refractivity (Wildman–Crippen MR) is 82.3 cm³/mol. The number of ether oxygens (including phenoxy) is 1. The summed E-state index contributed by atoms with van der Waals surface area (Å²) in [6, 6.07) is 7.64. The van der Waals surface area contributed by atoms with Gasteiger partial charge in [0, 0.05) is 31.1 Å². The fraction of sp³-hybridized carbons (Fsp3) is 0.533. The standard InChI is InChI=1S/C15H23ClN2O2/c1-12(2)17-8-7-15(19)18(3)9-10-20-14-6-4-5-13(16)11-14/h4-6,11-12,17H,7-10H2,1-3H3. The average Bonchev–Trinajstić information content (AvgIpc) is 2.38. The second kappa shape index (κ2) is 8.82. The molecule has 20 heavy (non-hydrogen) atoms. The van der Waals surface area contributed by atoms with Crippen LogP contribution in [0.25, 0.3) is 0 Å². The molecule has 1 N–H and O–H groups in total. The summed E-state index contributed by atoms with van der Waals surface area (Å²) in [6.45, 7) is 5.85. The molecule has 4 nitrogen and oxygen atoms in total. The number of carbonyl (C=O) groups is 1. The van der Waals surface area contributed by atoms with Crippen molar-refractivity contribution in [3.63, 3.8) is 0 Å². The summed E-state index contributed by atoms with van der Waals surface area (Å²) in [7, 11) is 1.79. The lowest BCUT2D eigenvalue weighted by Crippen LogP contribution is -2.34. The maximum Gasteiger partial charge on any atom is 0.223 e. The number of nitrogens with zero attached hydrogens (tertiary/aromatic N) is 1. The first kappa shape index (κ1) is 16.8. The van der Waals surface area contributed by atoms with Gasteiger partial charge in [-0.3, -0.25) is 4.79 Å². The van der Waals surface area contributed by atoms with Crippen LogP contribution in [0.1, 0.15) is 20.3 Å². The van der Waals surface area contributed by atoms with Crippen LogP contribution in [0.5, 0.6) is 5.75 Å². The molecule has 0 saturated heterocycles. The van der Waals surface area contributed by atoms with E-state index < -0.39 is 0 Å². The van der Waals surface area contributed by atoms with E-state index in [4.69, 9.17) is 16.3 Å². The largest absolute Gasteiger partial charge is 0.492 e. The topological polar surface area (TPSA) is 41.6 Å². The lowest BCUT2D eigenvalue weighted by atomic mass is 10.3. The van der Waals surface area contributed by atoms with E-state index >= 15 is 0 Å². The van der Waals surface area contributed by atoms with E-state index in [2.05, 4.69) is 19.2 Å². The second-order valence-corrected chi connectivity index (χ2v) is 5.42. The van der Waals surface area contributed by atoms with Crippen molar-refractivity contribution >= 4 is 17.5 Å². The molecule has 0 radical (unpaired) electrons. The van der Waals surface area contributed by atoms with E-state index in [9.17, 15) is 4.79 Å². The molecule has 0 aliphatic heterocycles. The molecule has 0 heterocycles. The van der Waals surface area contributed by atoms with Crippen molar-refractivity contribution in [3.05, 3.63) is 29.3 Å². The van der Waals surface area contributed by atoms with E-state index in [0.717, 1.165) is 5.75 Å². The number of carbonyl (C=O) groups excluding carboxylic acids is 1. The van der Waals surface area contributed by atoms with Gasteiger partial charge in [-0.25, -0.2) is 0 Å². The van der Waals surface area contributed by atoms with Crippen LogP contribution in [0, 0.1) is 0 Å². The average molecular weight is 299 g/mol. The number of likely N-dealkylation sites (N-methyl/N-ethyl adjacent to an activating group) is 1. The predicted octanol–water partition coefficient (Wildman–Crippen LogP) is 2.57. The number of amides is 1. The van der Waals surface area contributed by atoms with Gasteiger partial charge in [0.1, 0.15) is 12.4 Å². The Morgan fingerprint density at radius 3 is 2.85 bits per heavy atom. The van der Waals surface area contributed by atoms with Crippen molar-refractivity contribution in [1.82, 2.24) is 10.2 Å². The Kier molecular flexibility index (Phi) is 7.41. The summed E-state index contributed by atoms with van der Waals surface area (Å²) in [5.41, 5.74) is 0. The Morgan fingerprint density at radius 1 is 1.45 bits per heavy atom. The molecule has 0 fully saturated rings. The zero-order valence-corrected chi connectivity index (χ0v) is 13.1. The first-order chi connectivity index (χ1) is 9.49. The molecule has 1 aromatic carbocycles. The maximum atomic E-state index is 11.8. The number of hydrogen-bond acceptors (Lipinski definition) is 3. The summed E-state index contributed by atoms with van der Waals surface area (Å²) >= 11 is 5.87. The highest BCUT2D eigenvalue weighted by Gasteiger charge is 2.08. The highest BCUT2D eigenvalue weighted by Crippen LogP contribution is 2.16. The van der Waals surface area contributed by atoms with Crippen LogP contribution >= 0.6 is 11.6 Å². The van der Waals surface area contributed by atoms with Crippen molar-refractivity contribution < 1.29 is 9.53 Å². The Balaban J connectivity index is 2.22. The minimum absolute atomic E-state index is 0.118. The van der Waals surface area contributed by atoms with Gasteiger partial charge in [0.05, 0.1) is 6.54 Å². The van der Waals surface area contributed by atoms with Crippen LogP contribution in [0.4, 0.5) is 0 Å². The van der Waals surface area contributed by atoms with Crippen LogP contribution in [-0.4, -0.2) is 43.6 Å². The molecule has 112 valence electrons. The van der Waals surface area contributed by atoms with Gasteiger partial charge in [-0.15, -0.1) is 0 Å². The fourth-order valence-electron chi connectivity index (χ4n) is 1.64. The fourth-order valence-corrected chi connectivity index (χ4v) is 1.82. The van der Waals surface area contributed by atoms with E-state index in [1.165, 1.54) is 0 Å². The molecule has 0 atom stereocenters. The lowest BCUT2D eigenvalue weighted by molar-refractivity contribution is -0.130. The van der Waals surface area contributed by atoms with E-state index in [1.807, 2.05) is 12.1 Å². The number of hydrogen-bond donors (Lipinski definition) is 1. The molecule has 5 heteroatoms. The minimum atomic E-state index is 0.118. The molecule has 0 saturated carbocycles. The van der Waals surface area contributed by atoms with Crippen molar-refractivity contribution in [3.8, 4) is 5.75 Å². The second-order valence-electron chi connectivity index (χ2n) is 4.98. The lowest BCUT2D eigenvalue weighted by Gasteiger charge is -2.18. The monoisotopic (exact) mass is 298 g/mol. The molecule has 0 aliphatic rings. The number of nitrogens with one attached hydrogen (secondary N) is 1. The van der Waals surface area contributed by atoms with Crippen molar-refractivity contribution in [1.29, 1.82) is 0 Å². The zero-order valence-electron chi connectivity index (χ0n) is 12.4. The van der Waals surface area contributed by atoms with E-state index in [-0.39, 0.29) is 5.91 Å². The Hall–Kier alpha value is -1.26. The molecule has 1 aromatic rings. The first-order valence-electron chi connectivity index (χ1n) is 6.84. The molecule has 1 amide bonds. The van der Waals surface area contributed by atoms with Gasteiger partial charge in [-0.1, -0.05) is 31.5 Å². The minimum Gasteiger partial charge on any atom is -0.492 e. The Bertz CT molecular complexity index is 424. The molecule has 0 aromatic heterocycles. The van der Waals surface area contributed by atoms with Crippen molar-refractivity contribution in [2.45, 2.75) is 26.3 Å². The normalized spacial score (nSPS) is 10.7. The summed E-state index contributed by atoms with van der Waals surface area (Å²) in [6.07, 6.45) is 0.506. The van der Waals surface area contributed by atoms with Crippen LogP contribution in [0.15, 0.2) is 24.3 Å². The molecule has 1 rings (SSSR count). The number of rotatable bonds is 8. The van der Waals surface area contributed by atoms with Crippen LogP contribution in [0.2, 0.25) is 5.02 Å². The summed E-state index contributed by atoms with van der Waals surface area (Å²) in [4.78, 5) is 13.5. The highest BCUT2D eigenvalue weighted by atomic mass is 35.5. The molecular formula is C15H23ClN2O2. The van der Waals surface area contributed by atoms with Crippen molar-refractivity contribution in [2.24, 2.45) is 0 Å². The van der Waals surface area contributed by atoms with Gasteiger partial charge in [-0.05, 0) is 18.2 Å². The smallest absolute Gasteiger partial charge is 0.223 e. The summed E-state index contributed by atoms with van der Waals surface area (Å²) < 4.78 is 5.56. The summed E-state index contributed by atoms with van der Waals surface area (Å²) in [5, 5.41) is 3.87. The van der Waals surface area contributed by atoms with E-state index in [1.54, 1.807) is 24.1 Å². The number of benzene rings is 1. The third-order valence-electron chi connectivity index (χ3n) is 2.81. The molecular weight excluding hydrogens is 276 g/mol. The number of halogens is 1. The Labute approximate surface area is 126 Å². The molecule has 0 unspecified atom stereocenters. The van der Waals surface area contributed by atoms with Gasteiger partial charge in [0.25, 0.3) is 0 Å². The van der Waals surface area contributed by atoms with Crippen molar-refractivity contribution in [2.75, 3.05) is 26.7 Å². The third-order valence-corrected chi connectivity index (χ3v) is 3.04. The van der Waals surface area contributed by atoms with Gasteiger partial charge >= 0.3 is 0 Å². The van der Waals surface area contributed by atoms with Gasteiger partial charge in [-0.2, -0.15) is 0 Å². The Morgan fingerprint density at radius 2 is 2.20 bits per heavy atom. The molecule has 0 bridgehead atoms. The van der Waals surface area contributed by atoms with Gasteiger partial charge in [0.2, 0.25) is 5.91 Å². The highest BCUT2D eigenvalue weighted by molar-refractivity contribution is 6.30. The zero-order chi connectivity index (χ0) is 15.0. The van der Waals surface area contributed by atoms with Crippen LogP contribution < -0.4 is 10.1 Å². The third kappa shape index (κ3) is 6.78. The molecule has 0 spiro atoms. The van der Waals surface area contributed by atoms with E-state index in [0.29, 0.717) is 37.2 Å². The van der Waals surface area contributed by atoms with Gasteiger partial charge in [0.15, 0.2) is 0 Å². The maximum absolute atomic E-state index is 11.8. The van der Waals surface area contributed by atoms with Crippen LogP contribution in [0.3, 0.4) is 0 Å². The quantitative estimate of drug-likeness (QED) is 0.802. The molecule has 0 aliphatic carbocycles. The SMILES string of the molecule is CC(C)NCCC(=O)N(C)CCOc1cccc(Cl)c1. The van der Waals surface area contributed by atoms with Gasteiger partial charge < -0.3 is 15.0 Å². The first-order valence-corrected chi connectivity index (χ1v) is 7.22.